The molecule has 2 nitrogen and oxygen atoms in total. The lowest BCUT2D eigenvalue weighted by Gasteiger charge is -2.35. The maximum Gasteiger partial charge on any atom is 0.0194 e. The summed E-state index contributed by atoms with van der Waals surface area (Å²) < 4.78 is 0. The Balaban J connectivity index is 1.97. The van der Waals surface area contributed by atoms with E-state index < -0.39 is 0 Å². The summed E-state index contributed by atoms with van der Waals surface area (Å²) in [7, 11) is 0. The first kappa shape index (κ1) is 14.0. The van der Waals surface area contributed by atoms with Gasteiger partial charge in [0, 0.05) is 12.6 Å². The topological polar surface area (TPSA) is 29.3 Å². The standard InChI is InChI=1S/C14H30N2/c1-3-4-5-6-7-8-10-16-11-9-13(2)14(15)12-16/h13-14H,3-12,15H2,1-2H3. The zero-order valence-electron chi connectivity index (χ0n) is 11.3. The van der Waals surface area contributed by atoms with Gasteiger partial charge in [0.15, 0.2) is 0 Å². The van der Waals surface area contributed by atoms with Crippen molar-refractivity contribution in [2.24, 2.45) is 11.7 Å². The molecule has 1 saturated heterocycles. The lowest BCUT2D eigenvalue weighted by molar-refractivity contribution is 0.166. The molecule has 0 spiro atoms. The Hall–Kier alpha value is -0.0800. The molecular weight excluding hydrogens is 196 g/mol. The highest BCUT2D eigenvalue weighted by atomic mass is 15.1. The second-order valence-corrected chi connectivity index (χ2v) is 5.50. The third-order valence-electron chi connectivity index (χ3n) is 3.93. The predicted molar refractivity (Wildman–Crippen MR) is 71.6 cm³/mol. The molecule has 1 rings (SSSR count). The van der Waals surface area contributed by atoms with Crippen LogP contribution in [0.4, 0.5) is 0 Å². The van der Waals surface area contributed by atoms with E-state index in [9.17, 15) is 0 Å². The van der Waals surface area contributed by atoms with Gasteiger partial charge in [0.05, 0.1) is 0 Å². The monoisotopic (exact) mass is 226 g/mol. The van der Waals surface area contributed by atoms with E-state index in [1.807, 2.05) is 0 Å². The zero-order chi connectivity index (χ0) is 11.8. The molecule has 0 aromatic heterocycles. The summed E-state index contributed by atoms with van der Waals surface area (Å²) in [6.07, 6.45) is 9.66. The van der Waals surface area contributed by atoms with Crippen LogP contribution in [0.5, 0.6) is 0 Å². The van der Waals surface area contributed by atoms with Gasteiger partial charge in [-0.3, -0.25) is 0 Å². The van der Waals surface area contributed by atoms with Gasteiger partial charge in [-0.15, -0.1) is 0 Å². The predicted octanol–water partition coefficient (Wildman–Crippen LogP) is 3.02. The van der Waals surface area contributed by atoms with Gasteiger partial charge in [-0.25, -0.2) is 0 Å². The van der Waals surface area contributed by atoms with Crippen molar-refractivity contribution in [3.05, 3.63) is 0 Å². The number of nitrogens with zero attached hydrogens (tertiary/aromatic N) is 1. The average Bonchev–Trinajstić information content (AvgIpc) is 2.28. The van der Waals surface area contributed by atoms with Gasteiger partial charge in [-0.2, -0.15) is 0 Å². The molecular formula is C14H30N2. The van der Waals surface area contributed by atoms with Crippen molar-refractivity contribution < 1.29 is 0 Å². The lowest BCUT2D eigenvalue weighted by Crippen LogP contribution is -2.47. The van der Waals surface area contributed by atoms with Crippen molar-refractivity contribution in [2.75, 3.05) is 19.6 Å². The normalized spacial score (nSPS) is 27.2. The van der Waals surface area contributed by atoms with Crippen molar-refractivity contribution in [3.63, 3.8) is 0 Å². The molecule has 0 saturated carbocycles. The number of likely N-dealkylation sites (tertiary alicyclic amines) is 1. The number of unbranched alkanes of at least 4 members (excludes halogenated alkanes) is 5. The second kappa shape index (κ2) is 8.08. The lowest BCUT2D eigenvalue weighted by atomic mass is 9.94. The maximum atomic E-state index is 6.10. The highest BCUT2D eigenvalue weighted by molar-refractivity contribution is 4.80. The molecule has 0 aromatic carbocycles. The van der Waals surface area contributed by atoms with E-state index in [2.05, 4.69) is 18.7 Å². The second-order valence-electron chi connectivity index (χ2n) is 5.50. The molecule has 1 aliphatic heterocycles. The first-order valence-corrected chi connectivity index (χ1v) is 7.22. The Morgan fingerprint density at radius 2 is 1.81 bits per heavy atom. The summed E-state index contributed by atoms with van der Waals surface area (Å²) in [5, 5.41) is 0. The quantitative estimate of drug-likeness (QED) is 0.676. The molecule has 1 heterocycles. The minimum Gasteiger partial charge on any atom is -0.326 e. The fourth-order valence-electron chi connectivity index (χ4n) is 2.49. The van der Waals surface area contributed by atoms with Crippen LogP contribution in [0.15, 0.2) is 0 Å². The van der Waals surface area contributed by atoms with Crippen molar-refractivity contribution >= 4 is 0 Å². The van der Waals surface area contributed by atoms with Crippen LogP contribution in [0.25, 0.3) is 0 Å². The molecule has 0 radical (unpaired) electrons. The number of rotatable bonds is 7. The van der Waals surface area contributed by atoms with E-state index >= 15 is 0 Å². The van der Waals surface area contributed by atoms with Gasteiger partial charge in [-0.1, -0.05) is 46.0 Å². The van der Waals surface area contributed by atoms with Crippen molar-refractivity contribution in [1.29, 1.82) is 0 Å². The van der Waals surface area contributed by atoms with Crippen LogP contribution in [0, 0.1) is 5.92 Å². The number of nitrogens with two attached hydrogens (primary N) is 1. The van der Waals surface area contributed by atoms with Crippen LogP contribution in [-0.4, -0.2) is 30.6 Å². The van der Waals surface area contributed by atoms with E-state index in [1.54, 1.807) is 0 Å². The summed E-state index contributed by atoms with van der Waals surface area (Å²) in [6.45, 7) is 8.22. The van der Waals surface area contributed by atoms with E-state index in [1.165, 1.54) is 58.0 Å². The fraction of sp³-hybridized carbons (Fsp3) is 1.00. The smallest absolute Gasteiger partial charge is 0.0194 e. The largest absolute Gasteiger partial charge is 0.326 e. The average molecular weight is 226 g/mol. The molecule has 16 heavy (non-hydrogen) atoms. The van der Waals surface area contributed by atoms with Gasteiger partial charge in [0.1, 0.15) is 0 Å². The SMILES string of the molecule is CCCCCCCCN1CCC(C)C(N)C1. The fourth-order valence-corrected chi connectivity index (χ4v) is 2.49. The van der Waals surface area contributed by atoms with Crippen LogP contribution >= 0.6 is 0 Å². The van der Waals surface area contributed by atoms with Crippen LogP contribution in [0.3, 0.4) is 0 Å². The molecule has 0 aliphatic carbocycles. The Labute approximate surface area is 102 Å². The summed E-state index contributed by atoms with van der Waals surface area (Å²) in [6, 6.07) is 0.411. The maximum absolute atomic E-state index is 6.10. The van der Waals surface area contributed by atoms with E-state index in [0.29, 0.717) is 6.04 Å². The first-order chi connectivity index (χ1) is 7.74. The molecule has 0 bridgehead atoms. The van der Waals surface area contributed by atoms with Crippen LogP contribution in [0.1, 0.15) is 58.8 Å². The molecule has 96 valence electrons. The van der Waals surface area contributed by atoms with Gasteiger partial charge in [-0.05, 0) is 31.8 Å². The Bertz CT molecular complexity index is 170. The Morgan fingerprint density at radius 3 is 2.50 bits per heavy atom. The molecule has 1 fully saturated rings. The number of piperidine rings is 1. The molecule has 0 aromatic rings. The molecule has 2 N–H and O–H groups in total. The first-order valence-electron chi connectivity index (χ1n) is 7.22. The van der Waals surface area contributed by atoms with Crippen molar-refractivity contribution in [3.8, 4) is 0 Å². The Morgan fingerprint density at radius 1 is 1.12 bits per heavy atom. The minimum atomic E-state index is 0.411. The van der Waals surface area contributed by atoms with Gasteiger partial charge in [0.25, 0.3) is 0 Å². The van der Waals surface area contributed by atoms with E-state index in [0.717, 1.165) is 12.5 Å². The van der Waals surface area contributed by atoms with Gasteiger partial charge >= 0.3 is 0 Å². The summed E-state index contributed by atoms with van der Waals surface area (Å²) >= 11 is 0. The highest BCUT2D eigenvalue weighted by Gasteiger charge is 2.22. The van der Waals surface area contributed by atoms with E-state index in [4.69, 9.17) is 5.73 Å². The highest BCUT2D eigenvalue weighted by Crippen LogP contribution is 2.16. The number of hydrogen-bond acceptors (Lipinski definition) is 2. The van der Waals surface area contributed by atoms with Crippen LogP contribution in [-0.2, 0) is 0 Å². The molecule has 2 unspecified atom stereocenters. The minimum absolute atomic E-state index is 0.411. The Kier molecular flexibility index (Phi) is 7.06. The van der Waals surface area contributed by atoms with E-state index in [-0.39, 0.29) is 0 Å². The van der Waals surface area contributed by atoms with Gasteiger partial charge < -0.3 is 10.6 Å². The van der Waals surface area contributed by atoms with Crippen molar-refractivity contribution in [1.82, 2.24) is 4.90 Å². The summed E-state index contributed by atoms with van der Waals surface area (Å²) in [4.78, 5) is 2.56. The third kappa shape index (κ3) is 5.31. The van der Waals surface area contributed by atoms with Gasteiger partial charge in [0.2, 0.25) is 0 Å². The zero-order valence-corrected chi connectivity index (χ0v) is 11.3. The van der Waals surface area contributed by atoms with Crippen molar-refractivity contribution in [2.45, 2.75) is 64.8 Å². The van der Waals surface area contributed by atoms with Crippen LogP contribution in [0.2, 0.25) is 0 Å². The van der Waals surface area contributed by atoms with Crippen LogP contribution < -0.4 is 5.73 Å². The number of hydrogen-bond donors (Lipinski definition) is 1. The molecule has 0 amide bonds. The molecule has 2 heteroatoms. The molecule has 1 aliphatic rings. The summed E-state index contributed by atoms with van der Waals surface area (Å²) in [5.74, 6) is 0.723. The molecule has 2 atom stereocenters. The summed E-state index contributed by atoms with van der Waals surface area (Å²) in [5.41, 5.74) is 6.10. The third-order valence-corrected chi connectivity index (χ3v) is 3.93.